The Balaban J connectivity index is 1.43. The number of aryl methyl sites for hydroxylation is 3. The van der Waals surface area contributed by atoms with Crippen molar-refractivity contribution < 1.29 is 0 Å². The quantitative estimate of drug-likeness (QED) is 0.828. The Kier molecular flexibility index (Phi) is 3.65. The third-order valence-corrected chi connectivity index (χ3v) is 5.45. The van der Waals surface area contributed by atoms with Gasteiger partial charge in [0.05, 0.1) is 0 Å². The van der Waals surface area contributed by atoms with Crippen LogP contribution in [0, 0.1) is 12.8 Å². The standard InChI is InChI=1S/C21H25N/c1-15-6-8-18-10-11-20(22-21(18)12-15)14-16-7-9-17-4-2-3-5-19(17)13-16/h2-6,8,12,16,20,22H,7,9-11,13-14H2,1H3. The molecule has 4 rings (SSSR count). The van der Waals surface area contributed by atoms with Gasteiger partial charge >= 0.3 is 0 Å². The van der Waals surface area contributed by atoms with Gasteiger partial charge in [-0.25, -0.2) is 0 Å². The summed E-state index contributed by atoms with van der Waals surface area (Å²) in [5.41, 5.74) is 7.41. The van der Waals surface area contributed by atoms with Crippen LogP contribution >= 0.6 is 0 Å². The first-order chi connectivity index (χ1) is 10.8. The van der Waals surface area contributed by atoms with E-state index in [0.29, 0.717) is 6.04 Å². The second kappa shape index (κ2) is 5.79. The van der Waals surface area contributed by atoms with E-state index in [2.05, 4.69) is 54.7 Å². The molecule has 114 valence electrons. The highest BCUT2D eigenvalue weighted by Gasteiger charge is 2.24. The van der Waals surface area contributed by atoms with Crippen LogP contribution in [0.5, 0.6) is 0 Å². The lowest BCUT2D eigenvalue weighted by Gasteiger charge is -2.32. The van der Waals surface area contributed by atoms with Gasteiger partial charge in [-0.1, -0.05) is 36.4 Å². The molecule has 0 saturated heterocycles. The van der Waals surface area contributed by atoms with Crippen molar-refractivity contribution in [3.63, 3.8) is 0 Å². The van der Waals surface area contributed by atoms with Crippen LogP contribution in [0.4, 0.5) is 5.69 Å². The van der Waals surface area contributed by atoms with Gasteiger partial charge in [-0.3, -0.25) is 0 Å². The van der Waals surface area contributed by atoms with Crippen LogP contribution < -0.4 is 5.32 Å². The first-order valence-electron chi connectivity index (χ1n) is 8.71. The first-order valence-corrected chi connectivity index (χ1v) is 8.71. The predicted octanol–water partition coefficient (Wildman–Crippen LogP) is 4.92. The van der Waals surface area contributed by atoms with Crippen molar-refractivity contribution in [2.75, 3.05) is 5.32 Å². The fourth-order valence-electron chi connectivity index (χ4n) is 4.22. The summed E-state index contributed by atoms with van der Waals surface area (Å²) < 4.78 is 0. The normalized spacial score (nSPS) is 23.3. The minimum atomic E-state index is 0.657. The lowest BCUT2D eigenvalue weighted by molar-refractivity contribution is 0.386. The number of hydrogen-bond acceptors (Lipinski definition) is 1. The Morgan fingerprint density at radius 1 is 0.955 bits per heavy atom. The van der Waals surface area contributed by atoms with E-state index in [1.807, 2.05) is 0 Å². The van der Waals surface area contributed by atoms with Gasteiger partial charge < -0.3 is 5.32 Å². The Morgan fingerprint density at radius 3 is 2.68 bits per heavy atom. The van der Waals surface area contributed by atoms with Crippen LogP contribution in [0.25, 0.3) is 0 Å². The van der Waals surface area contributed by atoms with E-state index in [4.69, 9.17) is 0 Å². The van der Waals surface area contributed by atoms with Gasteiger partial charge in [0, 0.05) is 11.7 Å². The second-order valence-electron chi connectivity index (χ2n) is 7.15. The van der Waals surface area contributed by atoms with Crippen LogP contribution in [0.2, 0.25) is 0 Å². The van der Waals surface area contributed by atoms with Crippen LogP contribution in [0.15, 0.2) is 42.5 Å². The van der Waals surface area contributed by atoms with Gasteiger partial charge in [0.2, 0.25) is 0 Å². The van der Waals surface area contributed by atoms with Crippen molar-refractivity contribution in [3.8, 4) is 0 Å². The molecule has 2 aromatic carbocycles. The topological polar surface area (TPSA) is 12.0 Å². The van der Waals surface area contributed by atoms with E-state index in [-0.39, 0.29) is 0 Å². The summed E-state index contributed by atoms with van der Waals surface area (Å²) in [5.74, 6) is 0.846. The number of nitrogens with one attached hydrogen (secondary N) is 1. The van der Waals surface area contributed by atoms with E-state index < -0.39 is 0 Å². The van der Waals surface area contributed by atoms with Gasteiger partial charge in [0.1, 0.15) is 0 Å². The molecule has 2 atom stereocenters. The van der Waals surface area contributed by atoms with Gasteiger partial charge in [-0.05, 0) is 79.7 Å². The van der Waals surface area contributed by atoms with E-state index in [1.165, 1.54) is 55.3 Å². The summed E-state index contributed by atoms with van der Waals surface area (Å²) in [4.78, 5) is 0. The van der Waals surface area contributed by atoms with Gasteiger partial charge in [-0.2, -0.15) is 0 Å². The van der Waals surface area contributed by atoms with Crippen LogP contribution in [-0.2, 0) is 19.3 Å². The predicted molar refractivity (Wildman–Crippen MR) is 93.5 cm³/mol. The number of rotatable bonds is 2. The second-order valence-corrected chi connectivity index (χ2v) is 7.15. The molecular weight excluding hydrogens is 266 g/mol. The summed E-state index contributed by atoms with van der Waals surface area (Å²) in [5, 5.41) is 3.81. The molecule has 22 heavy (non-hydrogen) atoms. The van der Waals surface area contributed by atoms with Gasteiger partial charge in [0.25, 0.3) is 0 Å². The molecule has 1 N–H and O–H groups in total. The summed E-state index contributed by atoms with van der Waals surface area (Å²) >= 11 is 0. The Hall–Kier alpha value is -1.76. The molecule has 1 nitrogen and oxygen atoms in total. The van der Waals surface area contributed by atoms with Crippen molar-refractivity contribution in [3.05, 3.63) is 64.7 Å². The van der Waals surface area contributed by atoms with Crippen LogP contribution in [-0.4, -0.2) is 6.04 Å². The molecular formula is C21H25N. The highest BCUT2D eigenvalue weighted by molar-refractivity contribution is 5.55. The van der Waals surface area contributed by atoms with E-state index in [1.54, 1.807) is 11.1 Å². The number of anilines is 1. The maximum Gasteiger partial charge on any atom is 0.0377 e. The first kappa shape index (κ1) is 13.9. The zero-order valence-corrected chi connectivity index (χ0v) is 13.4. The summed E-state index contributed by atoms with van der Waals surface area (Å²) in [6.45, 7) is 2.18. The SMILES string of the molecule is Cc1ccc2c(c1)NC(CC1CCc3ccccc3C1)CC2. The average molecular weight is 291 g/mol. The Morgan fingerprint density at radius 2 is 1.77 bits per heavy atom. The van der Waals surface area contributed by atoms with Crippen LogP contribution in [0.1, 0.15) is 41.5 Å². The summed E-state index contributed by atoms with van der Waals surface area (Å²) in [6.07, 6.45) is 7.74. The van der Waals surface area contributed by atoms with Crippen molar-refractivity contribution in [2.45, 2.75) is 51.5 Å². The highest BCUT2D eigenvalue weighted by atomic mass is 14.9. The summed E-state index contributed by atoms with van der Waals surface area (Å²) in [6, 6.07) is 16.5. The monoisotopic (exact) mass is 291 g/mol. The minimum absolute atomic E-state index is 0.657. The van der Waals surface area contributed by atoms with Crippen molar-refractivity contribution in [1.29, 1.82) is 0 Å². The largest absolute Gasteiger partial charge is 0.382 e. The van der Waals surface area contributed by atoms with Crippen LogP contribution in [0.3, 0.4) is 0 Å². The van der Waals surface area contributed by atoms with Crippen molar-refractivity contribution in [2.24, 2.45) is 5.92 Å². The van der Waals surface area contributed by atoms with E-state index >= 15 is 0 Å². The molecule has 0 bridgehead atoms. The Labute approximate surface area is 133 Å². The zero-order chi connectivity index (χ0) is 14.9. The zero-order valence-electron chi connectivity index (χ0n) is 13.4. The van der Waals surface area contributed by atoms with Gasteiger partial charge in [0.15, 0.2) is 0 Å². The molecule has 0 fully saturated rings. The Bertz CT molecular complexity index is 673. The number of hydrogen-bond donors (Lipinski definition) is 1. The fraction of sp³-hybridized carbons (Fsp3) is 0.429. The molecule has 0 radical (unpaired) electrons. The molecule has 2 aromatic rings. The lowest BCUT2D eigenvalue weighted by Crippen LogP contribution is -2.29. The van der Waals surface area contributed by atoms with Gasteiger partial charge in [-0.15, -0.1) is 0 Å². The molecule has 1 aliphatic carbocycles. The molecule has 1 heterocycles. The third-order valence-electron chi connectivity index (χ3n) is 5.45. The number of benzene rings is 2. The molecule has 0 amide bonds. The molecule has 2 unspecified atom stereocenters. The minimum Gasteiger partial charge on any atom is -0.382 e. The maximum atomic E-state index is 3.81. The van der Waals surface area contributed by atoms with E-state index in [9.17, 15) is 0 Å². The lowest BCUT2D eigenvalue weighted by atomic mass is 9.79. The summed E-state index contributed by atoms with van der Waals surface area (Å²) in [7, 11) is 0. The highest BCUT2D eigenvalue weighted by Crippen LogP contribution is 2.32. The third kappa shape index (κ3) is 2.77. The molecule has 2 aliphatic rings. The van der Waals surface area contributed by atoms with E-state index in [0.717, 1.165) is 5.92 Å². The smallest absolute Gasteiger partial charge is 0.0377 e. The van der Waals surface area contributed by atoms with Crippen molar-refractivity contribution >= 4 is 5.69 Å². The fourth-order valence-corrected chi connectivity index (χ4v) is 4.22. The number of fused-ring (bicyclic) bond motifs is 2. The molecule has 1 aliphatic heterocycles. The molecule has 1 heteroatoms. The molecule has 0 saturated carbocycles. The average Bonchev–Trinajstić information content (AvgIpc) is 2.54. The molecule has 0 aromatic heterocycles. The van der Waals surface area contributed by atoms with Crippen molar-refractivity contribution in [1.82, 2.24) is 0 Å². The molecule has 0 spiro atoms. The maximum absolute atomic E-state index is 3.81.